The van der Waals surface area contributed by atoms with E-state index >= 15 is 0 Å². The maximum atomic E-state index is 12.3. The average molecular weight is 328 g/mol. The van der Waals surface area contributed by atoms with Gasteiger partial charge in [0.1, 0.15) is 5.75 Å². The van der Waals surface area contributed by atoms with Crippen molar-refractivity contribution in [3.8, 4) is 5.75 Å². The zero-order valence-electron chi connectivity index (χ0n) is 12.9. The number of halogens is 1. The van der Waals surface area contributed by atoms with E-state index in [1.807, 2.05) is 6.92 Å². The topological polar surface area (TPSA) is 79.5 Å². The van der Waals surface area contributed by atoms with Crippen LogP contribution in [0.5, 0.6) is 5.75 Å². The van der Waals surface area contributed by atoms with Gasteiger partial charge in [-0.1, -0.05) is 6.92 Å². The predicted molar refractivity (Wildman–Crippen MR) is 87.8 cm³/mol. The minimum absolute atomic E-state index is 0. The van der Waals surface area contributed by atoms with E-state index in [1.54, 1.807) is 25.2 Å². The quantitative estimate of drug-likeness (QED) is 0.761. The number of hydrogen-bond donors (Lipinski definition) is 3. The van der Waals surface area contributed by atoms with Crippen molar-refractivity contribution in [1.82, 2.24) is 10.6 Å². The van der Waals surface area contributed by atoms with E-state index in [4.69, 9.17) is 4.74 Å². The molecule has 1 aliphatic rings. The highest BCUT2D eigenvalue weighted by molar-refractivity contribution is 6.04. The number of ether oxygens (including phenoxy) is 1. The highest BCUT2D eigenvalue weighted by atomic mass is 35.5. The number of amides is 2. The van der Waals surface area contributed by atoms with Gasteiger partial charge in [0.15, 0.2) is 0 Å². The molecule has 0 aliphatic carbocycles. The first-order valence-corrected chi connectivity index (χ1v) is 6.98. The van der Waals surface area contributed by atoms with Gasteiger partial charge in [0.25, 0.3) is 5.91 Å². The number of carbonyl (C=O) groups is 2. The molecule has 1 fully saturated rings. The highest BCUT2D eigenvalue weighted by Crippen LogP contribution is 2.24. The van der Waals surface area contributed by atoms with E-state index in [-0.39, 0.29) is 30.1 Å². The minimum atomic E-state index is -0.262. The number of rotatable bonds is 5. The number of methoxy groups -OCH3 is 1. The molecule has 2 amide bonds. The van der Waals surface area contributed by atoms with Gasteiger partial charge in [-0.15, -0.1) is 12.4 Å². The van der Waals surface area contributed by atoms with Crippen molar-refractivity contribution in [2.24, 2.45) is 11.8 Å². The lowest BCUT2D eigenvalue weighted by Gasteiger charge is -2.31. The molecule has 0 aromatic heterocycles. The number of benzene rings is 1. The fraction of sp³-hybridized carbons (Fsp3) is 0.467. The maximum absolute atomic E-state index is 12.3. The SMILES string of the molecule is CNC(=O)c1cc(OC)ccc1NC(=O)C(C)C1CNC1.Cl. The van der Waals surface area contributed by atoms with Crippen LogP contribution in [0.15, 0.2) is 18.2 Å². The fourth-order valence-electron chi connectivity index (χ4n) is 2.21. The van der Waals surface area contributed by atoms with Crippen molar-refractivity contribution in [3.05, 3.63) is 23.8 Å². The summed E-state index contributed by atoms with van der Waals surface area (Å²) in [7, 11) is 3.09. The molecule has 7 heteroatoms. The summed E-state index contributed by atoms with van der Waals surface area (Å²) < 4.78 is 5.12. The largest absolute Gasteiger partial charge is 0.497 e. The smallest absolute Gasteiger partial charge is 0.253 e. The van der Waals surface area contributed by atoms with Gasteiger partial charge >= 0.3 is 0 Å². The molecule has 0 radical (unpaired) electrons. The molecule has 0 saturated carbocycles. The Bertz CT molecular complexity index is 547. The summed E-state index contributed by atoms with van der Waals surface area (Å²) in [4.78, 5) is 24.2. The van der Waals surface area contributed by atoms with Gasteiger partial charge in [-0.2, -0.15) is 0 Å². The lowest BCUT2D eigenvalue weighted by atomic mass is 9.88. The zero-order chi connectivity index (χ0) is 15.4. The van der Waals surface area contributed by atoms with Gasteiger partial charge in [-0.3, -0.25) is 9.59 Å². The normalized spacial score (nSPS) is 15.0. The molecule has 22 heavy (non-hydrogen) atoms. The van der Waals surface area contributed by atoms with Gasteiger partial charge in [0, 0.05) is 13.0 Å². The summed E-state index contributed by atoms with van der Waals surface area (Å²) in [5.41, 5.74) is 0.892. The second kappa shape index (κ2) is 8.00. The summed E-state index contributed by atoms with van der Waals surface area (Å²) in [6.07, 6.45) is 0. The molecule has 0 bridgehead atoms. The molecule has 1 aromatic rings. The standard InChI is InChI=1S/C15H21N3O3.ClH/c1-9(10-7-17-8-10)14(19)18-13-5-4-11(21-3)6-12(13)15(20)16-2;/h4-6,9-10,17H,7-8H2,1-3H3,(H,16,20)(H,18,19);1H. The number of hydrogen-bond acceptors (Lipinski definition) is 4. The minimum Gasteiger partial charge on any atom is -0.497 e. The third-order valence-electron chi connectivity index (χ3n) is 3.89. The molecule has 1 atom stereocenters. The van der Waals surface area contributed by atoms with Gasteiger partial charge in [0.2, 0.25) is 5.91 Å². The van der Waals surface area contributed by atoms with Crippen LogP contribution in [0.4, 0.5) is 5.69 Å². The third-order valence-corrected chi connectivity index (χ3v) is 3.89. The molecule has 1 aliphatic heterocycles. The third kappa shape index (κ3) is 3.90. The summed E-state index contributed by atoms with van der Waals surface area (Å²) in [6, 6.07) is 5.02. The Labute approximate surface area is 136 Å². The van der Waals surface area contributed by atoms with Crippen LogP contribution in [0.1, 0.15) is 17.3 Å². The van der Waals surface area contributed by atoms with E-state index in [0.29, 0.717) is 22.9 Å². The van der Waals surface area contributed by atoms with E-state index in [1.165, 1.54) is 7.11 Å². The number of anilines is 1. The maximum Gasteiger partial charge on any atom is 0.253 e. The van der Waals surface area contributed by atoms with Gasteiger partial charge in [-0.25, -0.2) is 0 Å². The van der Waals surface area contributed by atoms with Crippen LogP contribution < -0.4 is 20.7 Å². The van der Waals surface area contributed by atoms with Crippen molar-refractivity contribution >= 4 is 29.9 Å². The molecule has 1 heterocycles. The molecule has 122 valence electrons. The van der Waals surface area contributed by atoms with Crippen molar-refractivity contribution < 1.29 is 14.3 Å². The summed E-state index contributed by atoms with van der Waals surface area (Å²) in [5, 5.41) is 8.56. The Balaban J connectivity index is 0.00000242. The number of carbonyl (C=O) groups excluding carboxylic acids is 2. The highest BCUT2D eigenvalue weighted by Gasteiger charge is 2.29. The Morgan fingerprint density at radius 3 is 2.55 bits per heavy atom. The fourth-order valence-corrected chi connectivity index (χ4v) is 2.21. The molecule has 1 aromatic carbocycles. The molecule has 6 nitrogen and oxygen atoms in total. The first-order valence-electron chi connectivity index (χ1n) is 6.98. The summed E-state index contributed by atoms with van der Waals surface area (Å²) in [6.45, 7) is 3.63. The second-order valence-corrected chi connectivity index (χ2v) is 5.19. The van der Waals surface area contributed by atoms with E-state index in [2.05, 4.69) is 16.0 Å². The van der Waals surface area contributed by atoms with Gasteiger partial charge in [-0.05, 0) is 37.2 Å². The molecule has 1 unspecified atom stereocenters. The molecule has 3 N–H and O–H groups in total. The average Bonchev–Trinajstić information content (AvgIpc) is 2.44. The predicted octanol–water partition coefficient (Wildman–Crippen LogP) is 1.27. The molecule has 1 saturated heterocycles. The van der Waals surface area contributed by atoms with Crippen LogP contribution in [-0.4, -0.2) is 39.1 Å². The second-order valence-electron chi connectivity index (χ2n) is 5.19. The molecule has 0 spiro atoms. The molecule has 2 rings (SSSR count). The van der Waals surface area contributed by atoms with Gasteiger partial charge < -0.3 is 20.7 Å². The van der Waals surface area contributed by atoms with E-state index < -0.39 is 0 Å². The van der Waals surface area contributed by atoms with E-state index in [9.17, 15) is 9.59 Å². The van der Waals surface area contributed by atoms with E-state index in [0.717, 1.165) is 13.1 Å². The van der Waals surface area contributed by atoms with Crippen LogP contribution in [0, 0.1) is 11.8 Å². The Morgan fingerprint density at radius 2 is 2.05 bits per heavy atom. The lowest BCUT2D eigenvalue weighted by molar-refractivity contribution is -0.121. The zero-order valence-corrected chi connectivity index (χ0v) is 13.8. The van der Waals surface area contributed by atoms with Crippen molar-refractivity contribution in [1.29, 1.82) is 0 Å². The van der Waals surface area contributed by atoms with Crippen molar-refractivity contribution in [3.63, 3.8) is 0 Å². The monoisotopic (exact) mass is 327 g/mol. The molecular weight excluding hydrogens is 306 g/mol. The summed E-state index contributed by atoms with van der Waals surface area (Å²) >= 11 is 0. The first-order chi connectivity index (χ1) is 10.1. The number of nitrogens with one attached hydrogen (secondary N) is 3. The van der Waals surface area contributed by atoms with Crippen molar-refractivity contribution in [2.45, 2.75) is 6.92 Å². The Morgan fingerprint density at radius 1 is 1.36 bits per heavy atom. The first kappa shape index (κ1) is 18.3. The van der Waals surface area contributed by atoms with Crippen LogP contribution in [0.3, 0.4) is 0 Å². The summed E-state index contributed by atoms with van der Waals surface area (Å²) in [5.74, 6) is 0.499. The van der Waals surface area contributed by atoms with Gasteiger partial charge in [0.05, 0.1) is 18.4 Å². The Kier molecular flexibility index (Phi) is 6.64. The Hall–Kier alpha value is -1.79. The lowest BCUT2D eigenvalue weighted by Crippen LogP contribution is -2.48. The van der Waals surface area contributed by atoms with Crippen LogP contribution in [0.25, 0.3) is 0 Å². The van der Waals surface area contributed by atoms with Crippen molar-refractivity contribution in [2.75, 3.05) is 32.6 Å². The van der Waals surface area contributed by atoms with Crippen LogP contribution in [-0.2, 0) is 4.79 Å². The molecular formula is C15H22ClN3O3. The van der Waals surface area contributed by atoms with Crippen LogP contribution >= 0.6 is 12.4 Å². The van der Waals surface area contributed by atoms with Crippen LogP contribution in [0.2, 0.25) is 0 Å².